The molecule has 0 saturated heterocycles. The average Bonchev–Trinajstić information content (AvgIpc) is 1.37. The van der Waals surface area contributed by atoms with Crippen molar-refractivity contribution in [3.8, 4) is 45.6 Å². The van der Waals surface area contributed by atoms with Gasteiger partial charge in [0.1, 0.15) is 22.6 Å². The van der Waals surface area contributed by atoms with Crippen LogP contribution in [-0.2, 0) is 0 Å². The number of hydrogen-bond donors (Lipinski definition) is 2. The third-order valence-corrected chi connectivity index (χ3v) is 22.2. The molecule has 8 nitrogen and oxygen atoms in total. The molecule has 3 aromatic heterocycles. The van der Waals surface area contributed by atoms with Crippen molar-refractivity contribution in [2.24, 2.45) is 0 Å². The summed E-state index contributed by atoms with van der Waals surface area (Å²) in [6.07, 6.45) is 0. The minimum Gasteiger partial charge on any atom is -0.324 e. The normalized spacial score (nSPS) is 12.5. The fourth-order valence-corrected chi connectivity index (χ4v) is 17.3. The number of H-pyrrole nitrogens is 2. The van der Waals surface area contributed by atoms with E-state index in [4.69, 9.17) is 29.9 Å². The second kappa shape index (κ2) is 19.8. The third-order valence-electron chi connectivity index (χ3n) is 21.0. The molecule has 9 heteroatoms. The van der Waals surface area contributed by atoms with Crippen LogP contribution in [0.2, 0.25) is 0 Å². The minimum absolute atomic E-state index is 0.563. The van der Waals surface area contributed by atoms with E-state index in [0.29, 0.717) is 45.9 Å². The van der Waals surface area contributed by atoms with Gasteiger partial charge >= 0.3 is 0 Å². The van der Waals surface area contributed by atoms with Gasteiger partial charge in [-0.2, -0.15) is 0 Å². The average molecular weight is 1270 g/mol. The van der Waals surface area contributed by atoms with Crippen LogP contribution >= 0.6 is 11.8 Å². The van der Waals surface area contributed by atoms with Gasteiger partial charge in [0.2, 0.25) is 0 Å². The smallest absolute Gasteiger partial charge is 0.164 e. The number of benzene rings is 18. The highest BCUT2D eigenvalue weighted by molar-refractivity contribution is 7.99. The van der Waals surface area contributed by atoms with Crippen molar-refractivity contribution >= 4 is 196 Å². The van der Waals surface area contributed by atoms with Gasteiger partial charge in [0.05, 0.1) is 0 Å². The molecule has 0 unspecified atom stereocenters. The van der Waals surface area contributed by atoms with Crippen LogP contribution in [0.5, 0.6) is 0 Å². The topological polar surface area (TPSA) is 109 Å². The quantitative estimate of drug-likeness (QED) is 0.131. The van der Waals surface area contributed by atoms with E-state index in [1.54, 1.807) is 11.8 Å². The van der Waals surface area contributed by atoms with Gasteiger partial charge in [0.15, 0.2) is 23.3 Å². The Hall–Kier alpha value is -13.0. The highest BCUT2D eigenvalue weighted by atomic mass is 32.2. The zero-order chi connectivity index (χ0) is 64.3. The van der Waals surface area contributed by atoms with Gasteiger partial charge in [0, 0.05) is 53.6 Å². The van der Waals surface area contributed by atoms with Crippen molar-refractivity contribution in [1.82, 2.24) is 39.9 Å². The maximum Gasteiger partial charge on any atom is 0.164 e. The van der Waals surface area contributed by atoms with Crippen molar-refractivity contribution in [3.63, 3.8) is 0 Å². The van der Waals surface area contributed by atoms with Gasteiger partial charge in [-0.15, -0.1) is 0 Å². The molecule has 0 spiro atoms. The van der Waals surface area contributed by atoms with Gasteiger partial charge in [-0.05, 0) is 286 Å². The van der Waals surface area contributed by atoms with Crippen LogP contribution in [0.4, 0.5) is 0 Å². The summed E-state index contributed by atoms with van der Waals surface area (Å²) in [6, 6.07) is 103. The molecule has 0 radical (unpaired) electrons. The van der Waals surface area contributed by atoms with E-state index in [-0.39, 0.29) is 0 Å². The summed E-state index contributed by atoms with van der Waals surface area (Å²) in [5.74, 6) is 2.27. The molecule has 8 bridgehead atoms. The number of rotatable bonds is 2. The zero-order valence-corrected chi connectivity index (χ0v) is 53.5. The summed E-state index contributed by atoms with van der Waals surface area (Å²) >= 11 is 1.74. The Morgan fingerprint density at radius 2 is 0.455 bits per heavy atom. The van der Waals surface area contributed by atoms with E-state index < -0.39 is 0 Å². The molecule has 2 aliphatic rings. The monoisotopic (exact) mass is 1270 g/mol. The lowest BCUT2D eigenvalue weighted by atomic mass is 9.92. The number of nitrogens with zero attached hydrogens (tertiary/aromatic N) is 6. The minimum atomic E-state index is 0.563. The van der Waals surface area contributed by atoms with Gasteiger partial charge in [0.25, 0.3) is 0 Å². The fourth-order valence-electron chi connectivity index (χ4n) is 16.2. The van der Waals surface area contributed by atoms with Gasteiger partial charge in [-0.25, -0.2) is 29.9 Å². The first kappa shape index (κ1) is 53.3. The van der Waals surface area contributed by atoms with Crippen LogP contribution in [0.1, 0.15) is 0 Å². The molecule has 23 rings (SSSR count). The summed E-state index contributed by atoms with van der Waals surface area (Å²) in [7, 11) is 0. The first-order valence-corrected chi connectivity index (χ1v) is 34.3. The van der Waals surface area contributed by atoms with Gasteiger partial charge in [-0.3, -0.25) is 0 Å². The van der Waals surface area contributed by atoms with Crippen molar-refractivity contribution in [2.45, 2.75) is 9.79 Å². The highest BCUT2D eigenvalue weighted by Gasteiger charge is 2.24. The SMILES string of the molecule is c1ccc2c(c1)-c1nc-2nc2[nH]c(nc3nc(nc4[nH]c(n1)c1ccccc41)-c1ccccc1-3)c1c(Sc3cccc4cc5cc6cc7cc8cc9ccc%10cc%11cc%12cc%13cc%14cc%15cc%16ccccc%16cc%15cc%14cc%13cc%12cc%11cc%10c9cc8cc7cc6cc5cc34)cccc21. The van der Waals surface area contributed by atoms with E-state index >= 15 is 0 Å². The number of hydrogen-bond acceptors (Lipinski definition) is 7. The molecule has 0 saturated carbocycles. The van der Waals surface area contributed by atoms with Crippen molar-refractivity contribution in [2.75, 3.05) is 0 Å². The van der Waals surface area contributed by atoms with Crippen LogP contribution in [0.15, 0.2) is 289 Å². The molecule has 0 atom stereocenters. The lowest BCUT2D eigenvalue weighted by Gasteiger charge is -2.12. The molecule has 454 valence electrons. The molecule has 0 aliphatic carbocycles. The Morgan fingerprint density at radius 3 is 0.869 bits per heavy atom. The Balaban J connectivity index is 0.633. The third kappa shape index (κ3) is 8.16. The lowest BCUT2D eigenvalue weighted by Crippen LogP contribution is -1.85. The van der Waals surface area contributed by atoms with E-state index in [1.165, 1.54) is 140 Å². The number of fused-ring (bicyclic) bond motifs is 34. The van der Waals surface area contributed by atoms with Crippen LogP contribution in [-0.4, -0.2) is 39.9 Å². The fraction of sp³-hybridized carbons (Fsp3) is 0. The summed E-state index contributed by atoms with van der Waals surface area (Å²) in [6.45, 7) is 0. The summed E-state index contributed by atoms with van der Waals surface area (Å²) < 4.78 is 0. The van der Waals surface area contributed by atoms with Crippen LogP contribution in [0, 0.1) is 0 Å². The van der Waals surface area contributed by atoms with Crippen LogP contribution in [0.3, 0.4) is 0 Å². The zero-order valence-electron chi connectivity index (χ0n) is 52.6. The number of aromatic nitrogens is 8. The highest BCUT2D eigenvalue weighted by Crippen LogP contribution is 2.45. The number of nitrogens with one attached hydrogen (secondary N) is 2. The summed E-state index contributed by atoms with van der Waals surface area (Å²) in [5, 5.41) is 35.9. The first-order chi connectivity index (χ1) is 48.9. The van der Waals surface area contributed by atoms with Crippen molar-refractivity contribution < 1.29 is 0 Å². The first-order valence-electron chi connectivity index (χ1n) is 33.5. The molecule has 5 heterocycles. The molecule has 18 aromatic carbocycles. The summed E-state index contributed by atoms with van der Waals surface area (Å²) in [5.41, 5.74) is 6.22. The Labute approximate surface area is 566 Å². The largest absolute Gasteiger partial charge is 0.324 e. The molecule has 2 aliphatic heterocycles. The van der Waals surface area contributed by atoms with Gasteiger partial charge < -0.3 is 9.97 Å². The predicted molar refractivity (Wildman–Crippen MR) is 414 cm³/mol. The molecule has 0 amide bonds. The maximum absolute atomic E-state index is 5.44. The maximum atomic E-state index is 5.44. The van der Waals surface area contributed by atoms with Crippen molar-refractivity contribution in [1.29, 1.82) is 0 Å². The second-order valence-corrected chi connectivity index (χ2v) is 27.9. The Bertz CT molecular complexity index is 7530. The molecule has 21 aromatic rings. The summed E-state index contributed by atoms with van der Waals surface area (Å²) in [4.78, 5) is 41.0. The lowest BCUT2D eigenvalue weighted by molar-refractivity contribution is 1.19. The van der Waals surface area contributed by atoms with E-state index in [0.717, 1.165) is 53.6 Å². The van der Waals surface area contributed by atoms with Crippen molar-refractivity contribution in [3.05, 3.63) is 279 Å². The standard InChI is InChI=1S/C90H48N8S/c1-2-12-48-26-53-31-58-36-63-39-64-41-67-44-77-51(29-56(67)34-61(64)38-62(63)35-57(58)30-52(53)25-47(48)11-1)24-23-50-28-55-33-60-37-59-32-54-27-49-13-9-21-80(79(49)46-69(54)43-66(59)40-65(60)42-68(55)45-78(50)77)99-81-22-10-20-76-82(81)90-97-88-75-19-8-7-18-74(75)86(95-88)93-84-71-15-4-3-14-70(71)83(91-84)92-85-72-16-5-6-17-73(72)87(94-85)96-89(76)98-90/h1-46H,(H2,91,92,93,94,95,96,97,98). The molecule has 99 heavy (non-hydrogen) atoms. The van der Waals surface area contributed by atoms with E-state index in [2.05, 4.69) is 253 Å². The van der Waals surface area contributed by atoms with E-state index in [1.807, 2.05) is 36.4 Å². The van der Waals surface area contributed by atoms with Crippen LogP contribution in [0.25, 0.3) is 230 Å². The molecule has 2 N–H and O–H groups in total. The molecule has 0 fully saturated rings. The predicted octanol–water partition coefficient (Wildman–Crippen LogP) is 24.0. The molecular weight excluding hydrogens is 1230 g/mol. The number of aromatic amines is 2. The molecular formula is C90H48N8S. The Morgan fingerprint density at radius 1 is 0.182 bits per heavy atom. The van der Waals surface area contributed by atoms with E-state index in [9.17, 15) is 0 Å². The Kier molecular flexibility index (Phi) is 10.7. The van der Waals surface area contributed by atoms with Gasteiger partial charge in [-0.1, -0.05) is 145 Å². The van der Waals surface area contributed by atoms with Crippen LogP contribution < -0.4 is 0 Å². The second-order valence-electron chi connectivity index (χ2n) is 26.9.